The molecular weight excluding hydrogens is 224 g/mol. The van der Waals surface area contributed by atoms with Crippen molar-refractivity contribution in [1.82, 2.24) is 0 Å². The summed E-state index contributed by atoms with van der Waals surface area (Å²) in [5, 5.41) is 10.6. The molecule has 1 unspecified atom stereocenters. The van der Waals surface area contributed by atoms with Crippen molar-refractivity contribution in [3.05, 3.63) is 23.2 Å². The van der Waals surface area contributed by atoms with Gasteiger partial charge in [0.2, 0.25) is 0 Å². The number of benzene rings is 1. The predicted molar refractivity (Wildman–Crippen MR) is 67.9 cm³/mol. The Labute approximate surface area is 101 Å². The predicted octanol–water partition coefficient (Wildman–Crippen LogP) is 2.27. The molecule has 0 amide bonds. The standard InChI is InChI=1S/C12H17ClN2O/c1-12(16)6-3-7-15(8-12)10-5-2-4-9(13)11(10)14/h2,4-5,16H,3,6-8,14H2,1H3. The molecule has 1 aromatic rings. The van der Waals surface area contributed by atoms with Crippen molar-refractivity contribution < 1.29 is 5.11 Å². The fourth-order valence-corrected chi connectivity index (χ4v) is 2.40. The van der Waals surface area contributed by atoms with Gasteiger partial charge in [-0.1, -0.05) is 17.7 Å². The quantitative estimate of drug-likeness (QED) is 0.741. The third-order valence-corrected chi connectivity index (χ3v) is 3.38. The molecular formula is C12H17ClN2O. The molecule has 1 aromatic carbocycles. The number of nitrogens with two attached hydrogens (primary N) is 1. The molecule has 16 heavy (non-hydrogen) atoms. The number of para-hydroxylation sites is 1. The number of hydrogen-bond donors (Lipinski definition) is 2. The maximum absolute atomic E-state index is 10.1. The van der Waals surface area contributed by atoms with Crippen molar-refractivity contribution in [1.29, 1.82) is 0 Å². The van der Waals surface area contributed by atoms with Gasteiger partial charge in [0.15, 0.2) is 0 Å². The summed E-state index contributed by atoms with van der Waals surface area (Å²) in [5.74, 6) is 0. The molecule has 88 valence electrons. The van der Waals surface area contributed by atoms with Gasteiger partial charge in [-0.2, -0.15) is 0 Å². The van der Waals surface area contributed by atoms with E-state index in [2.05, 4.69) is 4.90 Å². The molecule has 1 atom stereocenters. The van der Waals surface area contributed by atoms with Gasteiger partial charge in [0, 0.05) is 13.1 Å². The van der Waals surface area contributed by atoms with E-state index >= 15 is 0 Å². The smallest absolute Gasteiger partial charge is 0.0794 e. The van der Waals surface area contributed by atoms with Crippen LogP contribution < -0.4 is 10.6 Å². The molecule has 0 bridgehead atoms. The Balaban J connectivity index is 2.27. The maximum Gasteiger partial charge on any atom is 0.0794 e. The molecule has 1 aliphatic rings. The number of rotatable bonds is 1. The number of aliphatic hydroxyl groups is 1. The highest BCUT2D eigenvalue weighted by atomic mass is 35.5. The molecule has 0 saturated carbocycles. The van der Waals surface area contributed by atoms with Crippen LogP contribution in [0.25, 0.3) is 0 Å². The molecule has 2 rings (SSSR count). The van der Waals surface area contributed by atoms with Gasteiger partial charge in [-0.3, -0.25) is 0 Å². The first-order chi connectivity index (χ1) is 7.49. The number of halogens is 1. The lowest BCUT2D eigenvalue weighted by atomic mass is 9.94. The Hall–Kier alpha value is -0.930. The Morgan fingerprint density at radius 3 is 2.94 bits per heavy atom. The Morgan fingerprint density at radius 1 is 1.50 bits per heavy atom. The van der Waals surface area contributed by atoms with E-state index in [9.17, 15) is 5.11 Å². The van der Waals surface area contributed by atoms with Gasteiger partial charge in [-0.05, 0) is 31.9 Å². The molecule has 1 saturated heterocycles. The third kappa shape index (κ3) is 2.25. The van der Waals surface area contributed by atoms with Gasteiger partial charge in [0.05, 0.1) is 22.0 Å². The van der Waals surface area contributed by atoms with Gasteiger partial charge in [-0.25, -0.2) is 0 Å². The van der Waals surface area contributed by atoms with Crippen molar-refractivity contribution in [2.75, 3.05) is 23.7 Å². The third-order valence-electron chi connectivity index (χ3n) is 3.05. The van der Waals surface area contributed by atoms with Crippen molar-refractivity contribution >= 4 is 23.0 Å². The first-order valence-corrected chi connectivity index (χ1v) is 5.89. The Morgan fingerprint density at radius 2 is 2.25 bits per heavy atom. The summed E-state index contributed by atoms with van der Waals surface area (Å²) >= 11 is 5.99. The summed E-state index contributed by atoms with van der Waals surface area (Å²) < 4.78 is 0. The number of anilines is 2. The highest BCUT2D eigenvalue weighted by molar-refractivity contribution is 6.33. The van der Waals surface area contributed by atoms with Crippen LogP contribution in [0.15, 0.2) is 18.2 Å². The number of hydrogen-bond acceptors (Lipinski definition) is 3. The highest BCUT2D eigenvalue weighted by Gasteiger charge is 2.29. The number of nitrogen functional groups attached to an aromatic ring is 1. The van der Waals surface area contributed by atoms with Gasteiger partial charge in [-0.15, -0.1) is 0 Å². The number of β-amino-alcohol motifs (C(OH)–C–C–N with tert-alkyl or cyclic N) is 1. The van der Waals surface area contributed by atoms with E-state index in [4.69, 9.17) is 17.3 Å². The summed E-state index contributed by atoms with van der Waals surface area (Å²) in [6.45, 7) is 3.39. The lowest BCUT2D eigenvalue weighted by Crippen LogP contribution is -2.46. The van der Waals surface area contributed by atoms with Crippen LogP contribution in [0.5, 0.6) is 0 Å². The van der Waals surface area contributed by atoms with Crippen molar-refractivity contribution in [3.63, 3.8) is 0 Å². The molecule has 1 heterocycles. The summed E-state index contributed by atoms with van der Waals surface area (Å²) in [5.41, 5.74) is 6.84. The van der Waals surface area contributed by atoms with E-state index in [0.29, 0.717) is 17.3 Å². The Kier molecular flexibility index (Phi) is 3.00. The SMILES string of the molecule is CC1(O)CCCN(c2cccc(Cl)c2N)C1. The summed E-state index contributed by atoms with van der Waals surface area (Å²) in [4.78, 5) is 2.10. The molecule has 1 fully saturated rings. The lowest BCUT2D eigenvalue weighted by Gasteiger charge is -2.38. The van der Waals surface area contributed by atoms with Crippen LogP contribution in [-0.2, 0) is 0 Å². The van der Waals surface area contributed by atoms with Gasteiger partial charge >= 0.3 is 0 Å². The van der Waals surface area contributed by atoms with E-state index in [1.54, 1.807) is 6.07 Å². The van der Waals surface area contributed by atoms with Crippen molar-refractivity contribution in [2.45, 2.75) is 25.4 Å². The Bertz CT molecular complexity index is 393. The lowest BCUT2D eigenvalue weighted by molar-refractivity contribution is 0.0450. The van der Waals surface area contributed by atoms with Crippen LogP contribution in [0.1, 0.15) is 19.8 Å². The summed E-state index contributed by atoms with van der Waals surface area (Å²) in [7, 11) is 0. The second kappa shape index (κ2) is 4.15. The molecule has 3 nitrogen and oxygen atoms in total. The zero-order valence-electron chi connectivity index (χ0n) is 9.41. The molecule has 0 spiro atoms. The number of piperidine rings is 1. The average Bonchev–Trinajstić information content (AvgIpc) is 2.20. The molecule has 3 N–H and O–H groups in total. The fraction of sp³-hybridized carbons (Fsp3) is 0.500. The van der Waals surface area contributed by atoms with Gasteiger partial charge in [0.1, 0.15) is 0 Å². The normalized spacial score (nSPS) is 25.8. The van der Waals surface area contributed by atoms with E-state index in [0.717, 1.165) is 25.1 Å². The van der Waals surface area contributed by atoms with Crippen LogP contribution in [0, 0.1) is 0 Å². The molecule has 0 radical (unpaired) electrons. The zero-order valence-corrected chi connectivity index (χ0v) is 10.2. The van der Waals surface area contributed by atoms with Crippen LogP contribution in [0.2, 0.25) is 5.02 Å². The molecule has 0 aliphatic carbocycles. The minimum atomic E-state index is -0.632. The van der Waals surface area contributed by atoms with Crippen LogP contribution >= 0.6 is 11.6 Å². The van der Waals surface area contributed by atoms with Crippen LogP contribution in [0.3, 0.4) is 0 Å². The maximum atomic E-state index is 10.1. The number of nitrogens with zero attached hydrogens (tertiary/aromatic N) is 1. The minimum Gasteiger partial charge on any atom is -0.396 e. The van der Waals surface area contributed by atoms with Crippen molar-refractivity contribution in [2.24, 2.45) is 0 Å². The van der Waals surface area contributed by atoms with Crippen LogP contribution in [0.4, 0.5) is 11.4 Å². The molecule has 4 heteroatoms. The van der Waals surface area contributed by atoms with E-state index in [1.807, 2.05) is 19.1 Å². The second-order valence-electron chi connectivity index (χ2n) is 4.69. The summed E-state index contributed by atoms with van der Waals surface area (Å²) in [6, 6.07) is 5.61. The first-order valence-electron chi connectivity index (χ1n) is 5.51. The monoisotopic (exact) mass is 240 g/mol. The zero-order chi connectivity index (χ0) is 11.8. The van der Waals surface area contributed by atoms with Crippen molar-refractivity contribution in [3.8, 4) is 0 Å². The average molecular weight is 241 g/mol. The highest BCUT2D eigenvalue weighted by Crippen LogP contribution is 2.33. The summed E-state index contributed by atoms with van der Waals surface area (Å²) in [6.07, 6.45) is 1.81. The molecule has 1 aliphatic heterocycles. The van der Waals surface area contributed by atoms with E-state index in [1.165, 1.54) is 0 Å². The topological polar surface area (TPSA) is 49.5 Å². The first kappa shape index (κ1) is 11.6. The van der Waals surface area contributed by atoms with E-state index < -0.39 is 5.60 Å². The van der Waals surface area contributed by atoms with Crippen LogP contribution in [-0.4, -0.2) is 23.8 Å². The molecule has 0 aromatic heterocycles. The van der Waals surface area contributed by atoms with Gasteiger partial charge < -0.3 is 15.7 Å². The fourth-order valence-electron chi connectivity index (χ4n) is 2.23. The minimum absolute atomic E-state index is 0.572. The largest absolute Gasteiger partial charge is 0.396 e. The van der Waals surface area contributed by atoms with E-state index in [-0.39, 0.29) is 0 Å². The second-order valence-corrected chi connectivity index (χ2v) is 5.10. The van der Waals surface area contributed by atoms with Gasteiger partial charge in [0.25, 0.3) is 0 Å².